The highest BCUT2D eigenvalue weighted by Gasteiger charge is 2.17. The summed E-state index contributed by atoms with van der Waals surface area (Å²) in [6.07, 6.45) is 0. The van der Waals surface area contributed by atoms with Crippen molar-refractivity contribution in [2.75, 3.05) is 20.2 Å². The van der Waals surface area contributed by atoms with Crippen LogP contribution in [0.2, 0.25) is 5.02 Å². The van der Waals surface area contributed by atoms with Crippen LogP contribution in [-0.4, -0.2) is 34.5 Å². The lowest BCUT2D eigenvalue weighted by Gasteiger charge is -2.12. The number of ether oxygens (including phenoxy) is 1. The third kappa shape index (κ3) is 4.97. The standard InChI is InChI=1S/C18H21ClN2O4S/c1-12-4-5-13(2)17(10-12)26(23,24)21-9-8-20-18(22)15-11-14(19)6-7-16(15)25-3/h4-7,10-11,21H,8-9H2,1-3H3,(H,20,22). The normalized spacial score (nSPS) is 11.2. The molecular weight excluding hydrogens is 376 g/mol. The van der Waals surface area contributed by atoms with Crippen LogP contribution in [0.15, 0.2) is 41.3 Å². The second-order valence-corrected chi connectivity index (χ2v) is 7.94. The summed E-state index contributed by atoms with van der Waals surface area (Å²) in [5, 5.41) is 3.06. The summed E-state index contributed by atoms with van der Waals surface area (Å²) in [6, 6.07) is 9.95. The van der Waals surface area contributed by atoms with Crippen molar-refractivity contribution < 1.29 is 17.9 Å². The Morgan fingerprint density at radius 3 is 2.54 bits per heavy atom. The van der Waals surface area contributed by atoms with Gasteiger partial charge in [0.1, 0.15) is 5.75 Å². The molecule has 0 atom stereocenters. The quantitative estimate of drug-likeness (QED) is 0.704. The molecule has 0 spiro atoms. The van der Waals surface area contributed by atoms with Crippen molar-refractivity contribution >= 4 is 27.5 Å². The fourth-order valence-electron chi connectivity index (χ4n) is 2.39. The van der Waals surface area contributed by atoms with Gasteiger partial charge in [0.05, 0.1) is 17.6 Å². The van der Waals surface area contributed by atoms with E-state index in [1.807, 2.05) is 13.0 Å². The lowest BCUT2D eigenvalue weighted by Crippen LogP contribution is -2.35. The van der Waals surface area contributed by atoms with E-state index in [-0.39, 0.29) is 23.5 Å². The van der Waals surface area contributed by atoms with Gasteiger partial charge in [-0.05, 0) is 49.2 Å². The topological polar surface area (TPSA) is 84.5 Å². The number of sulfonamides is 1. The van der Waals surface area contributed by atoms with Crippen molar-refractivity contribution in [3.63, 3.8) is 0 Å². The molecule has 0 aliphatic carbocycles. The molecule has 6 nitrogen and oxygen atoms in total. The Kier molecular flexibility index (Phi) is 6.63. The van der Waals surface area contributed by atoms with Crippen LogP contribution >= 0.6 is 11.6 Å². The molecule has 0 aliphatic heterocycles. The highest BCUT2D eigenvalue weighted by atomic mass is 35.5. The van der Waals surface area contributed by atoms with E-state index < -0.39 is 15.9 Å². The number of halogens is 1. The van der Waals surface area contributed by atoms with Crippen LogP contribution in [0.25, 0.3) is 0 Å². The minimum Gasteiger partial charge on any atom is -0.496 e. The van der Waals surface area contributed by atoms with Crippen molar-refractivity contribution in [2.45, 2.75) is 18.7 Å². The molecule has 26 heavy (non-hydrogen) atoms. The van der Waals surface area contributed by atoms with Crippen molar-refractivity contribution in [3.8, 4) is 5.75 Å². The summed E-state index contributed by atoms with van der Waals surface area (Å²) in [7, 11) is -2.19. The van der Waals surface area contributed by atoms with Gasteiger partial charge >= 0.3 is 0 Å². The summed E-state index contributed by atoms with van der Waals surface area (Å²) >= 11 is 5.91. The van der Waals surface area contributed by atoms with Crippen molar-refractivity contribution in [3.05, 3.63) is 58.1 Å². The largest absolute Gasteiger partial charge is 0.496 e. The number of hydrogen-bond donors (Lipinski definition) is 2. The summed E-state index contributed by atoms with van der Waals surface area (Å²) in [5.41, 5.74) is 1.81. The lowest BCUT2D eigenvalue weighted by atomic mass is 10.2. The molecular formula is C18H21ClN2O4S. The molecule has 1 amide bonds. The summed E-state index contributed by atoms with van der Waals surface area (Å²) in [4.78, 5) is 12.5. The maximum absolute atomic E-state index is 12.4. The Bertz CT molecular complexity index is 913. The molecule has 0 radical (unpaired) electrons. The number of carbonyl (C=O) groups is 1. The van der Waals surface area contributed by atoms with Gasteiger partial charge in [0, 0.05) is 18.1 Å². The number of rotatable bonds is 7. The summed E-state index contributed by atoms with van der Waals surface area (Å²) in [6.45, 7) is 3.75. The van der Waals surface area contributed by atoms with Crippen LogP contribution in [0.5, 0.6) is 5.75 Å². The molecule has 0 aromatic heterocycles. The lowest BCUT2D eigenvalue weighted by molar-refractivity contribution is 0.0951. The van der Waals surface area contributed by atoms with E-state index in [1.165, 1.54) is 13.2 Å². The predicted molar refractivity (Wildman–Crippen MR) is 101 cm³/mol. The molecule has 8 heteroatoms. The number of hydrogen-bond acceptors (Lipinski definition) is 4. The minimum atomic E-state index is -3.64. The fraction of sp³-hybridized carbons (Fsp3) is 0.278. The van der Waals surface area contributed by atoms with Crippen molar-refractivity contribution in [1.29, 1.82) is 0 Å². The van der Waals surface area contributed by atoms with E-state index in [0.717, 1.165) is 5.56 Å². The fourth-order valence-corrected chi connectivity index (χ4v) is 3.92. The van der Waals surface area contributed by atoms with Crippen LogP contribution < -0.4 is 14.8 Å². The number of benzene rings is 2. The number of aryl methyl sites for hydroxylation is 2. The van der Waals surface area contributed by atoms with Gasteiger partial charge in [-0.2, -0.15) is 0 Å². The van der Waals surface area contributed by atoms with E-state index in [2.05, 4.69) is 10.0 Å². The monoisotopic (exact) mass is 396 g/mol. The molecule has 0 heterocycles. The Labute approximate surface area is 158 Å². The first-order valence-electron chi connectivity index (χ1n) is 7.93. The highest BCUT2D eigenvalue weighted by molar-refractivity contribution is 7.89. The van der Waals surface area contributed by atoms with E-state index >= 15 is 0 Å². The molecule has 2 rings (SSSR count). The third-order valence-electron chi connectivity index (χ3n) is 3.74. The van der Waals surface area contributed by atoms with E-state index in [1.54, 1.807) is 31.2 Å². The van der Waals surface area contributed by atoms with Crippen LogP contribution in [0.1, 0.15) is 21.5 Å². The van der Waals surface area contributed by atoms with Gasteiger partial charge in [-0.3, -0.25) is 4.79 Å². The molecule has 2 N–H and O–H groups in total. The molecule has 2 aromatic carbocycles. The highest BCUT2D eigenvalue weighted by Crippen LogP contribution is 2.22. The first kappa shape index (κ1) is 20.2. The van der Waals surface area contributed by atoms with E-state index in [4.69, 9.17) is 16.3 Å². The number of amides is 1. The van der Waals surface area contributed by atoms with E-state index in [9.17, 15) is 13.2 Å². The molecule has 0 fully saturated rings. The molecule has 0 unspecified atom stereocenters. The van der Waals surface area contributed by atoms with Crippen molar-refractivity contribution in [1.82, 2.24) is 10.0 Å². The van der Waals surface area contributed by atoms with Crippen LogP contribution in [0, 0.1) is 13.8 Å². The Morgan fingerprint density at radius 2 is 1.85 bits per heavy atom. The maximum atomic E-state index is 12.4. The Balaban J connectivity index is 1.97. The molecule has 2 aromatic rings. The molecule has 0 saturated carbocycles. The van der Waals surface area contributed by atoms with Gasteiger partial charge in [0.25, 0.3) is 5.91 Å². The third-order valence-corrected chi connectivity index (χ3v) is 5.58. The first-order chi connectivity index (χ1) is 12.2. The first-order valence-corrected chi connectivity index (χ1v) is 9.79. The van der Waals surface area contributed by atoms with Gasteiger partial charge in [-0.15, -0.1) is 0 Å². The Morgan fingerprint density at radius 1 is 1.12 bits per heavy atom. The maximum Gasteiger partial charge on any atom is 0.255 e. The zero-order valence-electron chi connectivity index (χ0n) is 14.8. The zero-order chi connectivity index (χ0) is 19.3. The smallest absolute Gasteiger partial charge is 0.255 e. The predicted octanol–water partition coefficient (Wildman–Crippen LogP) is 2.67. The van der Waals surface area contributed by atoms with E-state index in [0.29, 0.717) is 16.3 Å². The zero-order valence-corrected chi connectivity index (χ0v) is 16.4. The van der Waals surface area contributed by atoms with Gasteiger partial charge in [-0.1, -0.05) is 23.7 Å². The second kappa shape index (κ2) is 8.53. The molecule has 140 valence electrons. The second-order valence-electron chi connectivity index (χ2n) is 5.77. The van der Waals surface area contributed by atoms with Gasteiger partial charge in [0.15, 0.2) is 0 Å². The summed E-state index contributed by atoms with van der Waals surface area (Å²) < 4.78 is 32.4. The number of nitrogens with one attached hydrogen (secondary N) is 2. The average molecular weight is 397 g/mol. The van der Waals surface area contributed by atoms with Crippen LogP contribution in [-0.2, 0) is 10.0 Å². The Hall–Kier alpha value is -2.09. The molecule has 0 saturated heterocycles. The number of carbonyl (C=O) groups excluding carboxylic acids is 1. The van der Waals surface area contributed by atoms with Gasteiger partial charge in [0.2, 0.25) is 10.0 Å². The van der Waals surface area contributed by atoms with Crippen LogP contribution in [0.3, 0.4) is 0 Å². The van der Waals surface area contributed by atoms with Gasteiger partial charge in [-0.25, -0.2) is 13.1 Å². The van der Waals surface area contributed by atoms with Crippen molar-refractivity contribution in [2.24, 2.45) is 0 Å². The SMILES string of the molecule is COc1ccc(Cl)cc1C(=O)NCCNS(=O)(=O)c1cc(C)ccc1C. The minimum absolute atomic E-state index is 0.0599. The van der Waals surface area contributed by atoms with Gasteiger partial charge < -0.3 is 10.1 Å². The average Bonchev–Trinajstić information content (AvgIpc) is 2.60. The molecule has 0 bridgehead atoms. The number of methoxy groups -OCH3 is 1. The molecule has 0 aliphatic rings. The van der Waals surface area contributed by atoms with Crippen LogP contribution in [0.4, 0.5) is 0 Å². The summed E-state index contributed by atoms with van der Waals surface area (Å²) in [5.74, 6) is -0.00171.